The molecule has 0 fully saturated rings. The van der Waals surface area contributed by atoms with E-state index in [0.29, 0.717) is 36.1 Å². The molecule has 0 radical (unpaired) electrons. The van der Waals surface area contributed by atoms with Gasteiger partial charge in [0, 0.05) is 24.8 Å². The molecule has 1 aromatic carbocycles. The van der Waals surface area contributed by atoms with Crippen LogP contribution < -0.4 is 5.32 Å². The Bertz CT molecular complexity index is 822. The fourth-order valence-corrected chi connectivity index (χ4v) is 3.14. The smallest absolute Gasteiger partial charge is 0.326 e. The third-order valence-electron chi connectivity index (χ3n) is 4.40. The molecular formula is C19H19NO5. The minimum Gasteiger partial charge on any atom is -0.480 e. The average molecular weight is 341 g/mol. The first-order valence-electron chi connectivity index (χ1n) is 8.20. The van der Waals surface area contributed by atoms with Crippen molar-refractivity contribution in [3.05, 3.63) is 58.5 Å². The van der Waals surface area contributed by atoms with Crippen LogP contribution in [0.4, 0.5) is 0 Å². The lowest BCUT2D eigenvalue weighted by atomic mass is 9.94. The van der Waals surface area contributed by atoms with Gasteiger partial charge in [-0.2, -0.15) is 0 Å². The molecule has 1 heterocycles. The monoisotopic (exact) mass is 341 g/mol. The number of Topliss-reactive ketones (excluding diaryl/α,β-unsaturated/α-hetero) is 1. The third-order valence-corrected chi connectivity index (χ3v) is 4.40. The van der Waals surface area contributed by atoms with Crippen molar-refractivity contribution in [2.24, 2.45) is 0 Å². The summed E-state index contributed by atoms with van der Waals surface area (Å²) in [4.78, 5) is 36.0. The highest BCUT2D eigenvalue weighted by atomic mass is 16.4. The Morgan fingerprint density at radius 1 is 1.24 bits per heavy atom. The molecule has 1 atom stereocenters. The highest BCUT2D eigenvalue weighted by Gasteiger charge is 2.30. The lowest BCUT2D eigenvalue weighted by molar-refractivity contribution is -0.139. The van der Waals surface area contributed by atoms with Crippen LogP contribution in [0.5, 0.6) is 0 Å². The minimum atomic E-state index is -1.12. The Hall–Kier alpha value is -2.89. The van der Waals surface area contributed by atoms with Gasteiger partial charge < -0.3 is 14.8 Å². The number of aryl methyl sites for hydroxylation is 1. The van der Waals surface area contributed by atoms with E-state index in [0.717, 1.165) is 5.56 Å². The summed E-state index contributed by atoms with van der Waals surface area (Å²) >= 11 is 0. The van der Waals surface area contributed by atoms with Gasteiger partial charge in [-0.15, -0.1) is 0 Å². The third kappa shape index (κ3) is 3.47. The molecule has 3 rings (SSSR count). The van der Waals surface area contributed by atoms with Crippen LogP contribution in [-0.2, 0) is 17.6 Å². The lowest BCUT2D eigenvalue weighted by Gasteiger charge is -2.14. The number of nitrogens with one attached hydrogen (secondary N) is 1. The molecule has 2 N–H and O–H groups in total. The molecule has 1 aliphatic carbocycles. The quantitative estimate of drug-likeness (QED) is 0.871. The first kappa shape index (κ1) is 17.0. The van der Waals surface area contributed by atoms with E-state index in [9.17, 15) is 19.5 Å². The second kappa shape index (κ2) is 6.93. The summed E-state index contributed by atoms with van der Waals surface area (Å²) in [7, 11) is 0. The number of carbonyl (C=O) groups is 3. The Morgan fingerprint density at radius 3 is 2.60 bits per heavy atom. The SMILES string of the molecule is Cc1c(C(=O)N[C@@H](Cc2ccccc2)C(=O)O)oc2c1C(=O)CCC2. The largest absolute Gasteiger partial charge is 0.480 e. The van der Waals surface area contributed by atoms with Crippen molar-refractivity contribution in [1.82, 2.24) is 5.32 Å². The van der Waals surface area contributed by atoms with E-state index in [1.807, 2.05) is 18.2 Å². The van der Waals surface area contributed by atoms with Crippen LogP contribution in [0.15, 0.2) is 34.7 Å². The molecule has 0 unspecified atom stereocenters. The first-order valence-corrected chi connectivity index (χ1v) is 8.20. The predicted molar refractivity (Wildman–Crippen MR) is 89.7 cm³/mol. The molecule has 1 aliphatic rings. The van der Waals surface area contributed by atoms with Gasteiger partial charge in [0.05, 0.1) is 5.56 Å². The number of carboxylic acid groups (broad SMARTS) is 1. The average Bonchev–Trinajstić information content (AvgIpc) is 2.93. The highest BCUT2D eigenvalue weighted by molar-refractivity contribution is 6.04. The second-order valence-corrected chi connectivity index (χ2v) is 6.19. The summed E-state index contributed by atoms with van der Waals surface area (Å²) in [5.74, 6) is -1.21. The van der Waals surface area contributed by atoms with Gasteiger partial charge >= 0.3 is 5.97 Å². The molecular weight excluding hydrogens is 322 g/mol. The fraction of sp³-hybridized carbons (Fsp3) is 0.316. The second-order valence-electron chi connectivity index (χ2n) is 6.19. The molecule has 1 aromatic heterocycles. The summed E-state index contributed by atoms with van der Waals surface area (Å²) in [6.45, 7) is 1.66. The van der Waals surface area contributed by atoms with E-state index >= 15 is 0 Å². The van der Waals surface area contributed by atoms with Crippen LogP contribution in [0, 0.1) is 6.92 Å². The van der Waals surface area contributed by atoms with Gasteiger partial charge in [-0.25, -0.2) is 4.79 Å². The summed E-state index contributed by atoms with van der Waals surface area (Å²) in [5, 5.41) is 11.9. The van der Waals surface area contributed by atoms with Crippen molar-refractivity contribution in [2.45, 2.75) is 38.6 Å². The maximum atomic E-state index is 12.5. The Labute approximate surface area is 144 Å². The number of carbonyl (C=O) groups excluding carboxylic acids is 2. The number of benzene rings is 1. The minimum absolute atomic E-state index is 0.0272. The molecule has 6 heteroatoms. The van der Waals surface area contributed by atoms with Crippen molar-refractivity contribution < 1.29 is 23.9 Å². The summed E-state index contributed by atoms with van der Waals surface area (Å²) in [5.41, 5.74) is 1.77. The maximum Gasteiger partial charge on any atom is 0.326 e. The van der Waals surface area contributed by atoms with Gasteiger partial charge in [0.1, 0.15) is 11.8 Å². The molecule has 2 aromatic rings. The molecule has 0 bridgehead atoms. The van der Waals surface area contributed by atoms with Crippen LogP contribution in [0.3, 0.4) is 0 Å². The van der Waals surface area contributed by atoms with Crippen LogP contribution in [0.2, 0.25) is 0 Å². The van der Waals surface area contributed by atoms with Gasteiger partial charge in [-0.05, 0) is 18.9 Å². The Balaban J connectivity index is 1.80. The molecule has 0 saturated carbocycles. The van der Waals surface area contributed by atoms with Crippen molar-refractivity contribution >= 4 is 17.7 Å². The number of carboxylic acids is 1. The zero-order valence-corrected chi connectivity index (χ0v) is 13.9. The van der Waals surface area contributed by atoms with E-state index in [1.165, 1.54) is 0 Å². The van der Waals surface area contributed by atoms with Crippen LogP contribution in [0.25, 0.3) is 0 Å². The van der Waals surface area contributed by atoms with E-state index < -0.39 is 17.9 Å². The van der Waals surface area contributed by atoms with Crippen LogP contribution in [-0.4, -0.2) is 28.8 Å². The standard InChI is InChI=1S/C19H19NO5/c1-11-16-14(21)8-5-9-15(16)25-17(11)18(22)20-13(19(23)24)10-12-6-3-2-4-7-12/h2-4,6-7,13H,5,8-10H2,1H3,(H,20,22)(H,23,24)/t13-/m0/s1. The Kier molecular flexibility index (Phi) is 4.70. The summed E-state index contributed by atoms with van der Waals surface area (Å²) in [6.07, 6.45) is 1.92. The number of hydrogen-bond donors (Lipinski definition) is 2. The normalized spacial score (nSPS) is 14.7. The number of amides is 1. The van der Waals surface area contributed by atoms with Crippen molar-refractivity contribution in [3.8, 4) is 0 Å². The van der Waals surface area contributed by atoms with Gasteiger partial charge in [0.25, 0.3) is 5.91 Å². The first-order chi connectivity index (χ1) is 12.0. The number of furan rings is 1. The Morgan fingerprint density at radius 2 is 1.96 bits per heavy atom. The van der Waals surface area contributed by atoms with Crippen molar-refractivity contribution in [1.29, 1.82) is 0 Å². The predicted octanol–water partition coefficient (Wildman–Crippen LogP) is 2.53. The molecule has 0 aliphatic heterocycles. The molecule has 0 saturated heterocycles. The zero-order valence-electron chi connectivity index (χ0n) is 13.9. The van der Waals surface area contributed by atoms with E-state index in [-0.39, 0.29) is 18.0 Å². The molecule has 130 valence electrons. The van der Waals surface area contributed by atoms with Crippen molar-refractivity contribution in [2.75, 3.05) is 0 Å². The van der Waals surface area contributed by atoms with Gasteiger partial charge in [0.15, 0.2) is 11.5 Å². The summed E-state index contributed by atoms with van der Waals surface area (Å²) in [6, 6.07) is 7.99. The van der Waals surface area contributed by atoms with Crippen molar-refractivity contribution in [3.63, 3.8) is 0 Å². The fourth-order valence-electron chi connectivity index (χ4n) is 3.14. The van der Waals surface area contributed by atoms with Crippen LogP contribution in [0.1, 0.15) is 50.6 Å². The number of rotatable bonds is 5. The summed E-state index contributed by atoms with van der Waals surface area (Å²) < 4.78 is 5.57. The zero-order chi connectivity index (χ0) is 18.0. The van der Waals surface area contributed by atoms with E-state index in [2.05, 4.69) is 5.32 Å². The maximum absolute atomic E-state index is 12.5. The topological polar surface area (TPSA) is 96.6 Å². The van der Waals surface area contributed by atoms with Gasteiger partial charge in [-0.3, -0.25) is 9.59 Å². The highest BCUT2D eigenvalue weighted by Crippen LogP contribution is 2.29. The number of ketones is 1. The van der Waals surface area contributed by atoms with Crippen LogP contribution >= 0.6 is 0 Å². The van der Waals surface area contributed by atoms with E-state index in [4.69, 9.17) is 4.42 Å². The molecule has 25 heavy (non-hydrogen) atoms. The van der Waals surface area contributed by atoms with Gasteiger partial charge in [-0.1, -0.05) is 30.3 Å². The molecule has 6 nitrogen and oxygen atoms in total. The number of fused-ring (bicyclic) bond motifs is 1. The molecule has 0 spiro atoms. The number of aliphatic carboxylic acids is 1. The van der Waals surface area contributed by atoms with E-state index in [1.54, 1.807) is 19.1 Å². The lowest BCUT2D eigenvalue weighted by Crippen LogP contribution is -2.42. The number of hydrogen-bond acceptors (Lipinski definition) is 4. The van der Waals surface area contributed by atoms with Gasteiger partial charge in [0.2, 0.25) is 0 Å². The molecule has 1 amide bonds.